The van der Waals surface area contributed by atoms with Gasteiger partial charge in [0.05, 0.1) is 43.6 Å². The zero-order chi connectivity index (χ0) is 27.4. The van der Waals surface area contributed by atoms with E-state index >= 15 is 4.39 Å². The lowest BCUT2D eigenvalue weighted by atomic mass is 9.74. The van der Waals surface area contributed by atoms with E-state index in [0.29, 0.717) is 23.9 Å². The van der Waals surface area contributed by atoms with Crippen LogP contribution in [0.15, 0.2) is 42.5 Å². The molecule has 1 saturated carbocycles. The smallest absolute Gasteiger partial charge is 0.232 e. The van der Waals surface area contributed by atoms with Gasteiger partial charge in [-0.05, 0) is 69.1 Å². The Balaban J connectivity index is 1.44. The van der Waals surface area contributed by atoms with Gasteiger partial charge in [0, 0.05) is 18.2 Å². The number of nitrogens with two attached hydrogens (primary N) is 2. The lowest BCUT2D eigenvalue weighted by Crippen LogP contribution is -2.82. The predicted octanol–water partition coefficient (Wildman–Crippen LogP) is 3.94. The van der Waals surface area contributed by atoms with Crippen LogP contribution in [0.1, 0.15) is 87.3 Å². The summed E-state index contributed by atoms with van der Waals surface area (Å²) in [7, 11) is 2.00. The molecule has 2 saturated heterocycles. The minimum absolute atomic E-state index is 0.00801. The highest BCUT2D eigenvalue weighted by Gasteiger charge is 2.46. The first-order valence-corrected chi connectivity index (χ1v) is 15.4. The fourth-order valence-corrected chi connectivity index (χ4v) is 7.65. The van der Waals surface area contributed by atoms with Gasteiger partial charge in [0.15, 0.2) is 0 Å². The zero-order valence-electron chi connectivity index (χ0n) is 24.1. The molecule has 212 valence electrons. The third kappa shape index (κ3) is 6.17. The Morgan fingerprint density at radius 3 is 2.56 bits per heavy atom. The molecule has 1 aliphatic carbocycles. The molecule has 5 nitrogen and oxygen atoms in total. The molecule has 3 fully saturated rings. The van der Waals surface area contributed by atoms with Crippen molar-refractivity contribution in [2.75, 3.05) is 26.7 Å². The van der Waals surface area contributed by atoms with E-state index in [0.717, 1.165) is 43.8 Å². The van der Waals surface area contributed by atoms with Gasteiger partial charge in [-0.3, -0.25) is 4.79 Å². The second kappa shape index (κ2) is 12.8. The fraction of sp³-hybridized carbons (Fsp3) is 0.606. The van der Waals surface area contributed by atoms with Crippen molar-refractivity contribution in [3.63, 3.8) is 0 Å². The predicted molar refractivity (Wildman–Crippen MR) is 152 cm³/mol. The normalized spacial score (nSPS) is 26.2. The van der Waals surface area contributed by atoms with Gasteiger partial charge in [-0.25, -0.2) is 4.39 Å². The maximum absolute atomic E-state index is 15.6. The highest BCUT2D eigenvalue weighted by atomic mass is 19.1. The zero-order valence-corrected chi connectivity index (χ0v) is 24.1. The van der Waals surface area contributed by atoms with Crippen LogP contribution in [0.25, 0.3) is 0 Å². The van der Waals surface area contributed by atoms with Crippen LogP contribution in [-0.2, 0) is 11.3 Å². The maximum atomic E-state index is 15.6. The first-order chi connectivity index (χ1) is 19.0. The topological polar surface area (TPSA) is 62.8 Å². The Labute approximate surface area is 233 Å². The fourth-order valence-electron chi connectivity index (χ4n) is 7.65. The Hall–Kier alpha value is -2.44. The van der Waals surface area contributed by atoms with Gasteiger partial charge in [-0.1, -0.05) is 49.6 Å². The number of nitrogens with zero attached hydrogens (tertiary/aromatic N) is 1. The summed E-state index contributed by atoms with van der Waals surface area (Å²) in [6.45, 7) is 6.91. The van der Waals surface area contributed by atoms with Crippen molar-refractivity contribution in [3.05, 3.63) is 65.0 Å². The van der Waals surface area contributed by atoms with Gasteiger partial charge in [0.1, 0.15) is 18.1 Å². The number of piperidine rings is 1. The highest BCUT2D eigenvalue weighted by molar-refractivity contribution is 5.81. The first kappa shape index (κ1) is 28.1. The number of rotatable bonds is 8. The van der Waals surface area contributed by atoms with Crippen molar-refractivity contribution >= 4 is 5.91 Å². The quantitative estimate of drug-likeness (QED) is 0.536. The lowest BCUT2D eigenvalue weighted by molar-refractivity contribution is -0.643. The third-order valence-electron chi connectivity index (χ3n) is 9.44. The van der Waals surface area contributed by atoms with E-state index in [2.05, 4.69) is 45.9 Å². The minimum atomic E-state index is -0.205. The number of hydrogen-bond donors (Lipinski definition) is 2. The van der Waals surface area contributed by atoms with Crippen molar-refractivity contribution in [1.82, 2.24) is 4.90 Å². The van der Waals surface area contributed by atoms with E-state index in [1.54, 1.807) is 12.1 Å². The van der Waals surface area contributed by atoms with Crippen molar-refractivity contribution in [2.45, 2.75) is 89.3 Å². The van der Waals surface area contributed by atoms with Crippen LogP contribution in [0, 0.1) is 17.7 Å². The Bertz CT molecular complexity index is 1100. The summed E-state index contributed by atoms with van der Waals surface area (Å²) < 4.78 is 21.7. The Morgan fingerprint density at radius 2 is 1.85 bits per heavy atom. The van der Waals surface area contributed by atoms with Crippen LogP contribution in [0.5, 0.6) is 5.75 Å². The molecule has 5 rings (SSSR count). The van der Waals surface area contributed by atoms with Crippen molar-refractivity contribution in [1.29, 1.82) is 0 Å². The summed E-state index contributed by atoms with van der Waals surface area (Å²) in [5, 5.41) is 4.28. The van der Waals surface area contributed by atoms with Crippen LogP contribution in [0.2, 0.25) is 0 Å². The average molecular weight is 538 g/mol. The van der Waals surface area contributed by atoms with Crippen molar-refractivity contribution < 1.29 is 24.6 Å². The van der Waals surface area contributed by atoms with E-state index in [1.807, 2.05) is 20.9 Å². The molecular weight excluding hydrogens is 489 g/mol. The number of amides is 1. The second-order valence-electron chi connectivity index (χ2n) is 12.3. The molecule has 0 aromatic heterocycles. The molecule has 0 spiro atoms. The highest BCUT2D eigenvalue weighted by Crippen LogP contribution is 2.42. The second-order valence-corrected chi connectivity index (χ2v) is 12.3. The van der Waals surface area contributed by atoms with Crippen LogP contribution >= 0.6 is 0 Å². The number of likely N-dealkylation sites (tertiary alicyclic amines) is 1. The maximum Gasteiger partial charge on any atom is 0.232 e. The molecule has 6 heteroatoms. The first-order valence-electron chi connectivity index (χ1n) is 15.4. The minimum Gasteiger partial charge on any atom is -0.490 e. The van der Waals surface area contributed by atoms with Gasteiger partial charge in [-0.2, -0.15) is 0 Å². The molecule has 2 aromatic carbocycles. The number of ether oxygens (including phenoxy) is 1. The standard InChI is InChI=1S/C33H46FN3O2/c1-22(2)39-31-15-14-29(34)32(28(31)19-35-3)26-20-36-21-27(26)33(38)37-17-16-25(23-10-6-4-7-11-23)18-30(37)24-12-8-5-9-13-24/h4,6-7,10-11,14-15,22,24-27,30,35-36H,5,8-9,12-13,16-21H2,1-3H3/p+2/t25-,26?,27-,30?/m1/s1. The van der Waals surface area contributed by atoms with Gasteiger partial charge >= 0.3 is 0 Å². The summed E-state index contributed by atoms with van der Waals surface area (Å²) in [6.07, 6.45) is 8.34. The molecule has 4 atom stereocenters. The van der Waals surface area contributed by atoms with E-state index < -0.39 is 0 Å². The van der Waals surface area contributed by atoms with Crippen LogP contribution in [0.3, 0.4) is 0 Å². The van der Waals surface area contributed by atoms with E-state index in [9.17, 15) is 4.79 Å². The number of quaternary nitrogens is 2. The summed E-state index contributed by atoms with van der Waals surface area (Å²) >= 11 is 0. The van der Waals surface area contributed by atoms with Gasteiger partial charge in [0.2, 0.25) is 5.91 Å². The van der Waals surface area contributed by atoms with Gasteiger partial charge in [-0.15, -0.1) is 0 Å². The summed E-state index contributed by atoms with van der Waals surface area (Å²) in [5.41, 5.74) is 3.02. The SMILES string of the molecule is C[NH2+]Cc1c(OC(C)C)ccc(F)c1C1C[NH2+]C[C@H]1C(=O)N1CC[C@@H](c2ccccc2)CC1C1CCCCC1. The molecule has 39 heavy (non-hydrogen) atoms. The number of benzene rings is 2. The van der Waals surface area contributed by atoms with Gasteiger partial charge < -0.3 is 20.3 Å². The molecule has 2 aromatic rings. The molecule has 4 N–H and O–H groups in total. The summed E-state index contributed by atoms with van der Waals surface area (Å²) in [5.74, 6) is 1.53. The summed E-state index contributed by atoms with van der Waals surface area (Å²) in [6, 6.07) is 14.5. The van der Waals surface area contributed by atoms with E-state index in [-0.39, 0.29) is 35.7 Å². The monoisotopic (exact) mass is 537 g/mol. The van der Waals surface area contributed by atoms with E-state index in [4.69, 9.17) is 4.74 Å². The molecule has 0 radical (unpaired) electrons. The molecule has 2 aliphatic heterocycles. The Kier molecular flexibility index (Phi) is 9.24. The van der Waals surface area contributed by atoms with Crippen LogP contribution in [0.4, 0.5) is 4.39 Å². The molecule has 2 heterocycles. The number of hydrogen-bond acceptors (Lipinski definition) is 2. The summed E-state index contributed by atoms with van der Waals surface area (Å²) in [4.78, 5) is 16.7. The van der Waals surface area contributed by atoms with Crippen LogP contribution < -0.4 is 15.4 Å². The number of carbonyl (C=O) groups is 1. The Morgan fingerprint density at radius 1 is 1.08 bits per heavy atom. The van der Waals surface area contributed by atoms with Crippen molar-refractivity contribution in [2.24, 2.45) is 11.8 Å². The molecule has 1 amide bonds. The third-order valence-corrected chi connectivity index (χ3v) is 9.44. The largest absolute Gasteiger partial charge is 0.490 e. The van der Waals surface area contributed by atoms with Crippen molar-refractivity contribution in [3.8, 4) is 5.75 Å². The van der Waals surface area contributed by atoms with E-state index in [1.165, 1.54) is 37.7 Å². The molecule has 2 unspecified atom stereocenters. The molecule has 3 aliphatic rings. The average Bonchev–Trinajstić information content (AvgIpc) is 3.44. The number of carbonyl (C=O) groups excluding carboxylic acids is 1. The van der Waals surface area contributed by atoms with Crippen LogP contribution in [-0.4, -0.2) is 49.6 Å². The van der Waals surface area contributed by atoms with Gasteiger partial charge in [0.25, 0.3) is 0 Å². The molecule has 0 bridgehead atoms. The lowest BCUT2D eigenvalue weighted by Gasteiger charge is -2.45. The number of halogens is 1. The molecular formula is C33H48FN3O2+2.